The number of imidazole rings is 1. The fraction of sp³-hybridized carbons (Fsp3) is 0.485. The lowest BCUT2D eigenvalue weighted by atomic mass is 10.0. The molecule has 1 aromatic heterocycles. The summed E-state index contributed by atoms with van der Waals surface area (Å²) in [7, 11) is 0. The first-order valence-electron chi connectivity index (χ1n) is 14.1. The fourth-order valence-electron chi connectivity index (χ4n) is 4.71. The first kappa shape index (κ1) is 27.0. The molecule has 198 valence electrons. The van der Waals surface area contributed by atoms with Crippen LogP contribution in [-0.4, -0.2) is 17.8 Å². The number of hydrogen-bond donors (Lipinski definition) is 0. The third-order valence-corrected chi connectivity index (χ3v) is 7.00. The van der Waals surface area contributed by atoms with Crippen molar-refractivity contribution in [1.82, 2.24) is 4.57 Å². The highest BCUT2D eigenvalue weighted by atomic mass is 16.5. The molecule has 0 fully saturated rings. The Bertz CT molecular complexity index is 1300. The molecule has 1 heterocycles. The fourth-order valence-corrected chi connectivity index (χ4v) is 4.71. The minimum absolute atomic E-state index is 0.599. The van der Waals surface area contributed by atoms with Crippen LogP contribution in [0.3, 0.4) is 0 Å². The molecule has 0 spiro atoms. The first-order valence-corrected chi connectivity index (χ1v) is 14.1. The van der Waals surface area contributed by atoms with Gasteiger partial charge in [0.2, 0.25) is 6.33 Å². The van der Waals surface area contributed by atoms with Gasteiger partial charge < -0.3 is 9.47 Å². The molecule has 0 N–H and O–H groups in total. The van der Waals surface area contributed by atoms with Crippen molar-refractivity contribution in [3.8, 4) is 11.5 Å². The number of benzene rings is 3. The summed E-state index contributed by atoms with van der Waals surface area (Å²) in [6.45, 7) is 16.7. The number of para-hydroxylation sites is 2. The van der Waals surface area contributed by atoms with E-state index >= 15 is 0 Å². The SMILES string of the molecule is CC(C)CCOc1cc(C[n+]2cn(CCC(C)C)c3ccccc32)c(OCCC(C)C)c2ccccc12. The minimum Gasteiger partial charge on any atom is -0.493 e. The van der Waals surface area contributed by atoms with Crippen molar-refractivity contribution in [2.45, 2.75) is 73.9 Å². The van der Waals surface area contributed by atoms with E-state index in [1.165, 1.54) is 16.6 Å². The van der Waals surface area contributed by atoms with Gasteiger partial charge in [-0.15, -0.1) is 0 Å². The van der Waals surface area contributed by atoms with E-state index in [2.05, 4.69) is 112 Å². The summed E-state index contributed by atoms with van der Waals surface area (Å²) in [5.41, 5.74) is 3.69. The van der Waals surface area contributed by atoms with Crippen LogP contribution < -0.4 is 14.0 Å². The average Bonchev–Trinajstić information content (AvgIpc) is 3.21. The van der Waals surface area contributed by atoms with Gasteiger partial charge in [0.15, 0.2) is 11.0 Å². The molecule has 0 saturated carbocycles. The topological polar surface area (TPSA) is 27.3 Å². The maximum absolute atomic E-state index is 6.55. The van der Waals surface area contributed by atoms with E-state index in [0.717, 1.165) is 61.2 Å². The van der Waals surface area contributed by atoms with Gasteiger partial charge in [-0.1, -0.05) is 77.9 Å². The Hall–Kier alpha value is -3.01. The molecule has 0 aliphatic heterocycles. The second-order valence-electron chi connectivity index (χ2n) is 11.6. The summed E-state index contributed by atoms with van der Waals surface area (Å²) < 4.78 is 17.7. The molecule has 0 bridgehead atoms. The van der Waals surface area contributed by atoms with Crippen LogP contribution in [0, 0.1) is 17.8 Å². The predicted octanol–water partition coefficient (Wildman–Crippen LogP) is 8.03. The molecule has 0 saturated heterocycles. The summed E-state index contributed by atoms with van der Waals surface area (Å²) in [6.07, 6.45) is 5.50. The Labute approximate surface area is 223 Å². The van der Waals surface area contributed by atoms with Gasteiger partial charge in [-0.3, -0.25) is 0 Å². The van der Waals surface area contributed by atoms with Gasteiger partial charge in [0.1, 0.15) is 18.0 Å². The van der Waals surface area contributed by atoms with Gasteiger partial charge in [0.25, 0.3) is 0 Å². The van der Waals surface area contributed by atoms with E-state index in [0.29, 0.717) is 24.4 Å². The number of hydrogen-bond acceptors (Lipinski definition) is 2. The van der Waals surface area contributed by atoms with Gasteiger partial charge in [-0.2, -0.15) is 0 Å². The Morgan fingerprint density at radius 3 is 2.05 bits per heavy atom. The zero-order valence-corrected chi connectivity index (χ0v) is 23.7. The van der Waals surface area contributed by atoms with Crippen molar-refractivity contribution in [3.63, 3.8) is 0 Å². The molecule has 0 aliphatic carbocycles. The van der Waals surface area contributed by atoms with E-state index in [-0.39, 0.29) is 0 Å². The van der Waals surface area contributed by atoms with Gasteiger partial charge in [-0.05, 0) is 55.2 Å². The largest absolute Gasteiger partial charge is 0.493 e. The smallest absolute Gasteiger partial charge is 0.245 e. The van der Waals surface area contributed by atoms with Crippen molar-refractivity contribution in [2.24, 2.45) is 17.8 Å². The highest BCUT2D eigenvalue weighted by molar-refractivity contribution is 5.94. The standard InChI is InChI=1S/C33H45N2O2/c1-24(2)15-18-34-23-35(31-14-10-9-13-30(31)34)22-27-21-32(36-19-16-25(3)4)28-11-7-8-12-29(28)33(27)37-20-17-26(5)6/h7-14,21,23-26H,15-20,22H2,1-6H3/q+1. The molecule has 4 rings (SSSR count). The van der Waals surface area contributed by atoms with Crippen molar-refractivity contribution in [2.75, 3.05) is 13.2 Å². The molecule has 0 atom stereocenters. The molecule has 4 heteroatoms. The van der Waals surface area contributed by atoms with Crippen LogP contribution in [0.2, 0.25) is 0 Å². The summed E-state index contributed by atoms with van der Waals surface area (Å²) in [4.78, 5) is 0. The number of aryl methyl sites for hydroxylation is 1. The zero-order chi connectivity index (χ0) is 26.4. The van der Waals surface area contributed by atoms with Crippen LogP contribution in [0.5, 0.6) is 11.5 Å². The van der Waals surface area contributed by atoms with Crippen molar-refractivity contribution >= 4 is 21.8 Å². The summed E-state index contributed by atoms with van der Waals surface area (Å²) in [5, 5.41) is 2.26. The zero-order valence-electron chi connectivity index (χ0n) is 23.7. The minimum atomic E-state index is 0.599. The third kappa shape index (κ3) is 6.85. The third-order valence-electron chi connectivity index (χ3n) is 7.00. The van der Waals surface area contributed by atoms with Crippen molar-refractivity contribution < 1.29 is 14.0 Å². The van der Waals surface area contributed by atoms with Crippen LogP contribution in [0.25, 0.3) is 21.8 Å². The van der Waals surface area contributed by atoms with Crippen LogP contribution >= 0.6 is 0 Å². The molecule has 4 nitrogen and oxygen atoms in total. The van der Waals surface area contributed by atoms with Gasteiger partial charge in [0.05, 0.1) is 19.8 Å². The van der Waals surface area contributed by atoms with Crippen molar-refractivity contribution in [3.05, 3.63) is 66.5 Å². The summed E-state index contributed by atoms with van der Waals surface area (Å²) >= 11 is 0. The van der Waals surface area contributed by atoms with Crippen LogP contribution in [-0.2, 0) is 13.1 Å². The predicted molar refractivity (Wildman–Crippen MR) is 155 cm³/mol. The van der Waals surface area contributed by atoms with E-state index in [1.54, 1.807) is 0 Å². The Morgan fingerprint density at radius 2 is 1.35 bits per heavy atom. The number of ether oxygens (including phenoxy) is 2. The number of rotatable bonds is 13. The normalized spacial score (nSPS) is 11.9. The molecule has 37 heavy (non-hydrogen) atoms. The van der Waals surface area contributed by atoms with Gasteiger partial charge in [-0.25, -0.2) is 9.13 Å². The van der Waals surface area contributed by atoms with Crippen LogP contribution in [0.15, 0.2) is 60.9 Å². The molecule has 4 aromatic rings. The maximum atomic E-state index is 6.55. The van der Waals surface area contributed by atoms with E-state index in [4.69, 9.17) is 9.47 Å². The second-order valence-corrected chi connectivity index (χ2v) is 11.6. The second kappa shape index (κ2) is 12.5. The molecule has 0 radical (unpaired) electrons. The Morgan fingerprint density at radius 1 is 0.730 bits per heavy atom. The Balaban J connectivity index is 1.77. The highest BCUT2D eigenvalue weighted by Gasteiger charge is 2.21. The lowest BCUT2D eigenvalue weighted by Crippen LogP contribution is -2.33. The molecule has 0 aliphatic rings. The summed E-state index contributed by atoms with van der Waals surface area (Å²) in [6, 6.07) is 19.5. The Kier molecular flexibility index (Phi) is 9.13. The quantitative estimate of drug-likeness (QED) is 0.173. The molecule has 0 amide bonds. The molecule has 3 aromatic carbocycles. The van der Waals surface area contributed by atoms with Crippen LogP contribution in [0.1, 0.15) is 66.4 Å². The lowest BCUT2D eigenvalue weighted by Gasteiger charge is -2.18. The average molecular weight is 502 g/mol. The van der Waals surface area contributed by atoms with E-state index in [9.17, 15) is 0 Å². The molecule has 0 unspecified atom stereocenters. The van der Waals surface area contributed by atoms with Gasteiger partial charge in [0, 0.05) is 16.3 Å². The lowest BCUT2D eigenvalue weighted by molar-refractivity contribution is -0.663. The summed E-state index contributed by atoms with van der Waals surface area (Å²) in [5.74, 6) is 3.81. The highest BCUT2D eigenvalue weighted by Crippen LogP contribution is 2.37. The van der Waals surface area contributed by atoms with Crippen LogP contribution in [0.4, 0.5) is 0 Å². The van der Waals surface area contributed by atoms with Gasteiger partial charge >= 0.3 is 0 Å². The maximum Gasteiger partial charge on any atom is 0.245 e. The number of fused-ring (bicyclic) bond motifs is 2. The van der Waals surface area contributed by atoms with Crippen molar-refractivity contribution in [1.29, 1.82) is 0 Å². The first-order chi connectivity index (χ1) is 17.8. The number of aromatic nitrogens is 2. The van der Waals surface area contributed by atoms with E-state index in [1.807, 2.05) is 0 Å². The monoisotopic (exact) mass is 501 g/mol. The van der Waals surface area contributed by atoms with E-state index < -0.39 is 0 Å². The molecular formula is C33H45N2O2+. The molecular weight excluding hydrogens is 456 g/mol. The number of nitrogens with zero attached hydrogens (tertiary/aromatic N) is 2.